The van der Waals surface area contributed by atoms with E-state index < -0.39 is 0 Å². The minimum absolute atomic E-state index is 0.176. The van der Waals surface area contributed by atoms with E-state index in [2.05, 4.69) is 6.92 Å². The van der Waals surface area contributed by atoms with Crippen molar-refractivity contribution >= 4 is 17.6 Å². The highest BCUT2D eigenvalue weighted by Gasteiger charge is 2.18. The van der Waals surface area contributed by atoms with Crippen LogP contribution in [0.1, 0.15) is 38.2 Å². The Morgan fingerprint density at radius 2 is 2.21 bits per heavy atom. The molecule has 0 spiro atoms. The first kappa shape index (κ1) is 14.0. The number of carbonyl (C=O) groups is 1. The van der Waals surface area contributed by atoms with E-state index in [9.17, 15) is 4.79 Å². The summed E-state index contributed by atoms with van der Waals surface area (Å²) in [6.07, 6.45) is 3.47. The van der Waals surface area contributed by atoms with Crippen molar-refractivity contribution < 1.29 is 19.0 Å². The molecule has 0 amide bonds. The largest absolute Gasteiger partial charge is 0.461 e. The van der Waals surface area contributed by atoms with Crippen molar-refractivity contribution in [3.05, 3.63) is 22.7 Å². The number of esters is 1. The molecule has 0 unspecified atom stereocenters. The van der Waals surface area contributed by atoms with Crippen LogP contribution in [-0.2, 0) is 16.1 Å². The van der Waals surface area contributed by atoms with E-state index in [-0.39, 0.29) is 19.4 Å². The maximum atomic E-state index is 11.5. The third kappa shape index (κ3) is 3.77. The van der Waals surface area contributed by atoms with E-state index in [1.807, 2.05) is 0 Å². The lowest BCUT2D eigenvalue weighted by Gasteiger charge is -2.07. The average Bonchev–Trinajstić information content (AvgIpc) is 2.85. The molecule has 0 aliphatic carbocycles. The van der Waals surface area contributed by atoms with Crippen LogP contribution in [0, 0.1) is 0 Å². The summed E-state index contributed by atoms with van der Waals surface area (Å²) in [7, 11) is 0. The first-order chi connectivity index (χ1) is 9.20. The Bertz CT molecular complexity index is 459. The Labute approximate surface area is 117 Å². The van der Waals surface area contributed by atoms with E-state index >= 15 is 0 Å². The lowest BCUT2D eigenvalue weighted by atomic mass is 10.2. The molecule has 2 rings (SSSR count). The Morgan fingerprint density at radius 1 is 1.37 bits per heavy atom. The van der Waals surface area contributed by atoms with Crippen molar-refractivity contribution in [3.8, 4) is 11.5 Å². The minimum Gasteiger partial charge on any atom is -0.461 e. The number of halogens is 1. The summed E-state index contributed by atoms with van der Waals surface area (Å²) in [5.41, 5.74) is 0.804. The van der Waals surface area contributed by atoms with E-state index in [1.165, 1.54) is 0 Å². The third-order valence-electron chi connectivity index (χ3n) is 2.87. The topological polar surface area (TPSA) is 44.8 Å². The molecule has 1 aromatic rings. The molecule has 0 N–H and O–H groups in total. The number of benzene rings is 1. The summed E-state index contributed by atoms with van der Waals surface area (Å²) in [6, 6.07) is 3.52. The fourth-order valence-corrected chi connectivity index (χ4v) is 2.15. The molecule has 4 nitrogen and oxygen atoms in total. The number of hydrogen-bond acceptors (Lipinski definition) is 4. The lowest BCUT2D eigenvalue weighted by Crippen LogP contribution is -2.04. The fourth-order valence-electron chi connectivity index (χ4n) is 1.86. The molecule has 1 aliphatic heterocycles. The summed E-state index contributed by atoms with van der Waals surface area (Å²) in [4.78, 5) is 11.5. The van der Waals surface area contributed by atoms with Gasteiger partial charge in [0.2, 0.25) is 6.79 Å². The van der Waals surface area contributed by atoms with Crippen LogP contribution in [0.15, 0.2) is 12.1 Å². The first-order valence-corrected chi connectivity index (χ1v) is 6.82. The van der Waals surface area contributed by atoms with Crippen molar-refractivity contribution in [2.75, 3.05) is 6.79 Å². The molecule has 104 valence electrons. The molecule has 19 heavy (non-hydrogen) atoms. The summed E-state index contributed by atoms with van der Waals surface area (Å²) >= 11 is 6.05. The zero-order chi connectivity index (χ0) is 13.7. The zero-order valence-corrected chi connectivity index (χ0v) is 11.7. The number of fused-ring (bicyclic) bond motifs is 1. The van der Waals surface area contributed by atoms with Crippen molar-refractivity contribution in [1.29, 1.82) is 0 Å². The van der Waals surface area contributed by atoms with Crippen molar-refractivity contribution in [2.24, 2.45) is 0 Å². The smallest absolute Gasteiger partial charge is 0.306 e. The predicted molar refractivity (Wildman–Crippen MR) is 71.5 cm³/mol. The Morgan fingerprint density at radius 3 is 3.00 bits per heavy atom. The number of unbranched alkanes of at least 4 members (excludes halogenated alkanes) is 2. The Kier molecular flexibility index (Phi) is 4.91. The molecule has 0 saturated carbocycles. The number of ether oxygens (including phenoxy) is 3. The van der Waals surface area contributed by atoms with Gasteiger partial charge in [0.15, 0.2) is 11.5 Å². The summed E-state index contributed by atoms with van der Waals surface area (Å²) in [5, 5.41) is 0.479. The minimum atomic E-state index is -0.178. The van der Waals surface area contributed by atoms with Gasteiger partial charge >= 0.3 is 5.97 Å². The van der Waals surface area contributed by atoms with Crippen LogP contribution in [0.5, 0.6) is 11.5 Å². The van der Waals surface area contributed by atoms with Gasteiger partial charge in [0.1, 0.15) is 6.61 Å². The second kappa shape index (κ2) is 6.66. The molecule has 0 bridgehead atoms. The van der Waals surface area contributed by atoms with Crippen molar-refractivity contribution in [3.63, 3.8) is 0 Å². The normalized spacial score (nSPS) is 12.5. The quantitative estimate of drug-likeness (QED) is 0.590. The molecule has 1 aromatic carbocycles. The molecule has 0 fully saturated rings. The monoisotopic (exact) mass is 284 g/mol. The number of rotatable bonds is 6. The van der Waals surface area contributed by atoms with Gasteiger partial charge in [-0.15, -0.1) is 0 Å². The van der Waals surface area contributed by atoms with Crippen LogP contribution >= 0.6 is 11.6 Å². The highest BCUT2D eigenvalue weighted by molar-refractivity contribution is 6.32. The number of carbonyl (C=O) groups excluding carboxylic acids is 1. The summed E-state index contributed by atoms with van der Waals surface area (Å²) in [6.45, 7) is 2.48. The predicted octanol–water partition coefficient (Wildman–Crippen LogP) is 3.69. The Balaban J connectivity index is 1.86. The maximum Gasteiger partial charge on any atom is 0.306 e. The van der Waals surface area contributed by atoms with Gasteiger partial charge < -0.3 is 14.2 Å². The van der Waals surface area contributed by atoms with Gasteiger partial charge in [0.25, 0.3) is 0 Å². The molecule has 0 radical (unpaired) electrons. The second-order valence-electron chi connectivity index (χ2n) is 4.43. The van der Waals surface area contributed by atoms with Crippen LogP contribution in [0.2, 0.25) is 5.02 Å². The standard InChI is InChI=1S/C14H17ClO4/c1-2-3-4-5-13(16)17-8-10-6-11(15)14-12(7-10)18-9-19-14/h6-7H,2-5,8-9H2,1H3. The second-order valence-corrected chi connectivity index (χ2v) is 4.84. The number of hydrogen-bond donors (Lipinski definition) is 0. The van der Waals surface area contributed by atoms with Crippen LogP contribution in [-0.4, -0.2) is 12.8 Å². The van der Waals surface area contributed by atoms with Gasteiger partial charge in [-0.25, -0.2) is 0 Å². The van der Waals surface area contributed by atoms with Gasteiger partial charge in [0.05, 0.1) is 5.02 Å². The van der Waals surface area contributed by atoms with Gasteiger partial charge in [-0.05, 0) is 24.1 Å². The van der Waals surface area contributed by atoms with E-state index in [4.69, 9.17) is 25.8 Å². The molecule has 0 saturated heterocycles. The van der Waals surface area contributed by atoms with Crippen LogP contribution in [0.4, 0.5) is 0 Å². The average molecular weight is 285 g/mol. The summed E-state index contributed by atoms with van der Waals surface area (Å²) < 4.78 is 15.7. The fraction of sp³-hybridized carbons (Fsp3) is 0.500. The van der Waals surface area contributed by atoms with Crippen LogP contribution < -0.4 is 9.47 Å². The highest BCUT2D eigenvalue weighted by Crippen LogP contribution is 2.39. The van der Waals surface area contributed by atoms with Gasteiger partial charge in [-0.3, -0.25) is 4.79 Å². The Hall–Kier alpha value is -1.42. The van der Waals surface area contributed by atoms with Gasteiger partial charge in [-0.1, -0.05) is 31.4 Å². The molecule has 0 atom stereocenters. The summed E-state index contributed by atoms with van der Waals surface area (Å²) in [5.74, 6) is 0.978. The molecule has 1 aliphatic rings. The van der Waals surface area contributed by atoms with Crippen molar-refractivity contribution in [1.82, 2.24) is 0 Å². The van der Waals surface area contributed by atoms with E-state index in [0.29, 0.717) is 22.9 Å². The lowest BCUT2D eigenvalue weighted by molar-refractivity contribution is -0.145. The third-order valence-corrected chi connectivity index (χ3v) is 3.15. The van der Waals surface area contributed by atoms with Gasteiger partial charge in [0, 0.05) is 6.42 Å². The zero-order valence-electron chi connectivity index (χ0n) is 10.9. The molecule has 1 heterocycles. The molecule has 5 heteroatoms. The van der Waals surface area contributed by atoms with E-state index in [0.717, 1.165) is 24.8 Å². The first-order valence-electron chi connectivity index (χ1n) is 6.44. The highest BCUT2D eigenvalue weighted by atomic mass is 35.5. The molecule has 0 aromatic heterocycles. The molecular weight excluding hydrogens is 268 g/mol. The van der Waals surface area contributed by atoms with E-state index in [1.54, 1.807) is 12.1 Å². The van der Waals surface area contributed by atoms with Crippen molar-refractivity contribution in [2.45, 2.75) is 39.2 Å². The molecular formula is C14H17ClO4. The van der Waals surface area contributed by atoms with Gasteiger partial charge in [-0.2, -0.15) is 0 Å². The van der Waals surface area contributed by atoms with Crippen LogP contribution in [0.3, 0.4) is 0 Å². The van der Waals surface area contributed by atoms with Crippen LogP contribution in [0.25, 0.3) is 0 Å². The maximum absolute atomic E-state index is 11.5. The SMILES string of the molecule is CCCCCC(=O)OCc1cc(Cl)c2c(c1)OCO2.